The number of likely N-dealkylation sites (tertiary alicyclic amines) is 2. The average molecular weight is 378 g/mol. The summed E-state index contributed by atoms with van der Waals surface area (Å²) in [5.41, 5.74) is 9.11. The molecule has 0 bridgehead atoms. The lowest BCUT2D eigenvalue weighted by Crippen LogP contribution is -2.50. The van der Waals surface area contributed by atoms with Crippen LogP contribution in [0.4, 0.5) is 0 Å². The van der Waals surface area contributed by atoms with E-state index in [0.29, 0.717) is 16.9 Å². The molecule has 0 unspecified atom stereocenters. The normalized spacial score (nSPS) is 23.0. The molecule has 2 aliphatic rings. The summed E-state index contributed by atoms with van der Waals surface area (Å²) >= 11 is 0. The highest BCUT2D eigenvalue weighted by molar-refractivity contribution is 5.92. The second kappa shape index (κ2) is 8.06. The molecule has 2 heterocycles. The number of likely N-dealkylation sites (N-methyl/N-ethyl adjacent to an activating group) is 1. The summed E-state index contributed by atoms with van der Waals surface area (Å²) in [6, 6.07) is 18.8. The Kier molecular flexibility index (Phi) is 5.51. The maximum absolute atomic E-state index is 11.2. The Hall–Kier alpha value is -2.17. The SMILES string of the molecule is CN1C[C@H](c2ccccc2)CC2(CCN(Cc3ccc(C(N)=O)cc3)CC2)C1. The lowest BCUT2D eigenvalue weighted by molar-refractivity contribution is 0.0218. The van der Waals surface area contributed by atoms with Crippen LogP contribution in [0.1, 0.15) is 46.7 Å². The van der Waals surface area contributed by atoms with Crippen molar-refractivity contribution in [3.05, 3.63) is 71.3 Å². The molecule has 148 valence electrons. The molecule has 4 heteroatoms. The standard InChI is InChI=1S/C24H31N3O/c1-26-17-22(20-5-3-2-4-6-20)15-24(18-26)11-13-27(14-12-24)16-19-7-9-21(10-8-19)23(25)28/h2-10,22H,11-18H2,1H3,(H2,25,28)/t22-/m1/s1. The predicted molar refractivity (Wildman–Crippen MR) is 113 cm³/mol. The number of carbonyl (C=O) groups is 1. The van der Waals surface area contributed by atoms with Crippen molar-refractivity contribution < 1.29 is 4.79 Å². The van der Waals surface area contributed by atoms with Gasteiger partial charge in [0.25, 0.3) is 0 Å². The van der Waals surface area contributed by atoms with Crippen LogP contribution in [0.15, 0.2) is 54.6 Å². The molecule has 1 spiro atoms. The van der Waals surface area contributed by atoms with Crippen LogP contribution >= 0.6 is 0 Å². The molecule has 2 N–H and O–H groups in total. The maximum Gasteiger partial charge on any atom is 0.248 e. The van der Waals surface area contributed by atoms with Gasteiger partial charge in [-0.15, -0.1) is 0 Å². The highest BCUT2D eigenvalue weighted by Gasteiger charge is 2.41. The van der Waals surface area contributed by atoms with Crippen LogP contribution in [0.2, 0.25) is 0 Å². The monoisotopic (exact) mass is 377 g/mol. The van der Waals surface area contributed by atoms with Crippen LogP contribution in [0.5, 0.6) is 0 Å². The van der Waals surface area contributed by atoms with Crippen LogP contribution < -0.4 is 5.73 Å². The molecule has 2 saturated heterocycles. The molecule has 4 rings (SSSR count). The summed E-state index contributed by atoms with van der Waals surface area (Å²) in [6.45, 7) is 5.63. The Bertz CT molecular complexity index is 794. The first-order valence-electron chi connectivity index (χ1n) is 10.4. The second-order valence-electron chi connectivity index (χ2n) is 8.85. The minimum absolute atomic E-state index is 0.360. The highest BCUT2D eigenvalue weighted by Crippen LogP contribution is 2.44. The fourth-order valence-electron chi connectivity index (χ4n) is 5.19. The minimum Gasteiger partial charge on any atom is -0.366 e. The van der Waals surface area contributed by atoms with Gasteiger partial charge < -0.3 is 10.6 Å². The molecule has 2 aliphatic heterocycles. The molecule has 0 aromatic heterocycles. The van der Waals surface area contributed by atoms with Gasteiger partial charge in [0, 0.05) is 25.2 Å². The highest BCUT2D eigenvalue weighted by atomic mass is 16.1. The summed E-state index contributed by atoms with van der Waals surface area (Å²) < 4.78 is 0. The van der Waals surface area contributed by atoms with Gasteiger partial charge in [-0.25, -0.2) is 0 Å². The average Bonchev–Trinajstić information content (AvgIpc) is 2.70. The Labute approximate surface area is 168 Å². The number of piperidine rings is 2. The molecule has 2 aromatic carbocycles. The third-order valence-corrected chi connectivity index (χ3v) is 6.65. The van der Waals surface area contributed by atoms with E-state index < -0.39 is 0 Å². The number of primary amides is 1. The number of hydrogen-bond donors (Lipinski definition) is 1. The van der Waals surface area contributed by atoms with E-state index in [0.717, 1.165) is 19.6 Å². The number of nitrogens with zero attached hydrogens (tertiary/aromatic N) is 2. The van der Waals surface area contributed by atoms with Gasteiger partial charge in [0.1, 0.15) is 0 Å². The number of benzene rings is 2. The first-order valence-corrected chi connectivity index (χ1v) is 10.4. The molecule has 0 aliphatic carbocycles. The second-order valence-corrected chi connectivity index (χ2v) is 8.85. The van der Waals surface area contributed by atoms with E-state index in [1.54, 1.807) is 0 Å². The van der Waals surface area contributed by atoms with Crippen molar-refractivity contribution in [3.8, 4) is 0 Å². The van der Waals surface area contributed by atoms with Crippen LogP contribution in [0.25, 0.3) is 0 Å². The summed E-state index contributed by atoms with van der Waals surface area (Å²) in [4.78, 5) is 16.3. The van der Waals surface area contributed by atoms with Gasteiger partial charge in [-0.05, 0) is 74.0 Å². The van der Waals surface area contributed by atoms with Crippen LogP contribution in [-0.2, 0) is 6.54 Å². The van der Waals surface area contributed by atoms with Gasteiger partial charge in [-0.1, -0.05) is 42.5 Å². The van der Waals surface area contributed by atoms with Crippen molar-refractivity contribution in [1.82, 2.24) is 9.80 Å². The topological polar surface area (TPSA) is 49.6 Å². The lowest BCUT2D eigenvalue weighted by atomic mass is 9.68. The molecular weight excluding hydrogens is 346 g/mol. The van der Waals surface area contributed by atoms with Gasteiger partial charge >= 0.3 is 0 Å². The molecule has 2 fully saturated rings. The van der Waals surface area contributed by atoms with E-state index in [9.17, 15) is 4.79 Å². The number of rotatable bonds is 4. The number of amides is 1. The quantitative estimate of drug-likeness (QED) is 0.887. The van der Waals surface area contributed by atoms with E-state index in [1.807, 2.05) is 24.3 Å². The van der Waals surface area contributed by atoms with Crippen molar-refractivity contribution in [2.24, 2.45) is 11.1 Å². The molecular formula is C24H31N3O. The lowest BCUT2D eigenvalue weighted by Gasteiger charge is -2.49. The van der Waals surface area contributed by atoms with E-state index in [1.165, 1.54) is 43.5 Å². The zero-order valence-corrected chi connectivity index (χ0v) is 16.8. The number of carbonyl (C=O) groups excluding carboxylic acids is 1. The smallest absolute Gasteiger partial charge is 0.248 e. The molecule has 28 heavy (non-hydrogen) atoms. The molecule has 4 nitrogen and oxygen atoms in total. The third kappa shape index (κ3) is 4.29. The first kappa shape index (κ1) is 19.2. The molecule has 1 amide bonds. The van der Waals surface area contributed by atoms with Gasteiger partial charge in [-0.3, -0.25) is 9.69 Å². The van der Waals surface area contributed by atoms with Crippen LogP contribution in [0.3, 0.4) is 0 Å². The third-order valence-electron chi connectivity index (χ3n) is 6.65. The van der Waals surface area contributed by atoms with Crippen molar-refractivity contribution in [1.29, 1.82) is 0 Å². The first-order chi connectivity index (χ1) is 13.5. The van der Waals surface area contributed by atoms with Crippen molar-refractivity contribution >= 4 is 5.91 Å². The predicted octanol–water partition coefficient (Wildman–Crippen LogP) is 3.49. The van der Waals surface area contributed by atoms with Gasteiger partial charge in [-0.2, -0.15) is 0 Å². The summed E-state index contributed by atoms with van der Waals surface area (Å²) in [6.07, 6.45) is 3.84. The molecule has 0 radical (unpaired) electrons. The number of nitrogens with two attached hydrogens (primary N) is 1. The molecule has 0 saturated carbocycles. The fraction of sp³-hybridized carbons (Fsp3) is 0.458. The van der Waals surface area contributed by atoms with Crippen molar-refractivity contribution in [3.63, 3.8) is 0 Å². The van der Waals surface area contributed by atoms with Gasteiger partial charge in [0.2, 0.25) is 5.91 Å². The number of hydrogen-bond acceptors (Lipinski definition) is 3. The Morgan fingerprint density at radius 1 is 1.07 bits per heavy atom. The van der Waals surface area contributed by atoms with Crippen LogP contribution in [0, 0.1) is 5.41 Å². The van der Waals surface area contributed by atoms with E-state index in [2.05, 4.69) is 47.2 Å². The van der Waals surface area contributed by atoms with Crippen LogP contribution in [-0.4, -0.2) is 48.9 Å². The minimum atomic E-state index is -0.360. The van der Waals surface area contributed by atoms with E-state index >= 15 is 0 Å². The Morgan fingerprint density at radius 2 is 1.75 bits per heavy atom. The van der Waals surface area contributed by atoms with Gasteiger partial charge in [0.15, 0.2) is 0 Å². The van der Waals surface area contributed by atoms with Crippen molar-refractivity contribution in [2.75, 3.05) is 33.2 Å². The Morgan fingerprint density at radius 3 is 2.39 bits per heavy atom. The zero-order chi connectivity index (χ0) is 19.6. The van der Waals surface area contributed by atoms with E-state index in [4.69, 9.17) is 5.73 Å². The van der Waals surface area contributed by atoms with Gasteiger partial charge in [0.05, 0.1) is 0 Å². The maximum atomic E-state index is 11.2. The fourth-order valence-corrected chi connectivity index (χ4v) is 5.19. The molecule has 2 aromatic rings. The van der Waals surface area contributed by atoms with Crippen molar-refractivity contribution in [2.45, 2.75) is 31.7 Å². The zero-order valence-electron chi connectivity index (χ0n) is 16.8. The largest absolute Gasteiger partial charge is 0.366 e. The molecule has 1 atom stereocenters. The summed E-state index contributed by atoms with van der Waals surface area (Å²) in [7, 11) is 2.28. The summed E-state index contributed by atoms with van der Waals surface area (Å²) in [5.74, 6) is 0.286. The summed E-state index contributed by atoms with van der Waals surface area (Å²) in [5, 5.41) is 0. The van der Waals surface area contributed by atoms with E-state index in [-0.39, 0.29) is 5.91 Å². The Balaban J connectivity index is 1.37.